The van der Waals surface area contributed by atoms with Crippen molar-refractivity contribution in [3.63, 3.8) is 0 Å². The van der Waals surface area contributed by atoms with Gasteiger partial charge < -0.3 is 21.1 Å². The summed E-state index contributed by atoms with van der Waals surface area (Å²) in [6.07, 6.45) is 0.641. The van der Waals surface area contributed by atoms with Crippen molar-refractivity contribution < 1.29 is 9.53 Å². The molecule has 7 heteroatoms. The van der Waals surface area contributed by atoms with Gasteiger partial charge in [0.1, 0.15) is 17.1 Å². The number of ether oxygens (including phenoxy) is 1. The number of amides is 2. The third-order valence-electron chi connectivity index (χ3n) is 5.08. The zero-order valence-corrected chi connectivity index (χ0v) is 17.8. The number of urea groups is 1. The highest BCUT2D eigenvalue weighted by atomic mass is 16.5. The van der Waals surface area contributed by atoms with Crippen LogP contribution in [0.5, 0.6) is 5.75 Å². The van der Waals surface area contributed by atoms with Gasteiger partial charge in [0.25, 0.3) is 0 Å². The molecule has 0 bridgehead atoms. The van der Waals surface area contributed by atoms with Crippen LogP contribution in [-0.4, -0.2) is 29.5 Å². The first-order valence-electron chi connectivity index (χ1n) is 10.3. The number of methoxy groups -OCH3 is 1. The topological polar surface area (TPSA) is 94.2 Å². The smallest absolute Gasteiger partial charge is 0.319 e. The molecule has 32 heavy (non-hydrogen) atoms. The summed E-state index contributed by atoms with van der Waals surface area (Å²) < 4.78 is 7.00. The molecule has 0 aliphatic carbocycles. The summed E-state index contributed by atoms with van der Waals surface area (Å²) in [6.45, 7) is 0.444. The predicted molar refractivity (Wildman–Crippen MR) is 127 cm³/mol. The molecule has 0 atom stereocenters. The first kappa shape index (κ1) is 21.0. The van der Waals surface area contributed by atoms with Crippen molar-refractivity contribution >= 4 is 17.5 Å². The Morgan fingerprint density at radius 3 is 2.34 bits per heavy atom. The number of carbonyl (C=O) groups is 1. The van der Waals surface area contributed by atoms with Crippen molar-refractivity contribution in [2.24, 2.45) is 0 Å². The molecule has 4 aromatic rings. The van der Waals surface area contributed by atoms with E-state index < -0.39 is 0 Å². The number of nitrogen functional groups attached to an aromatic ring is 1. The highest BCUT2D eigenvalue weighted by Gasteiger charge is 2.20. The van der Waals surface area contributed by atoms with Crippen LogP contribution in [0.4, 0.5) is 16.3 Å². The van der Waals surface area contributed by atoms with E-state index in [0.29, 0.717) is 30.2 Å². The monoisotopic (exact) mass is 427 g/mol. The first-order valence-corrected chi connectivity index (χ1v) is 10.3. The lowest BCUT2D eigenvalue weighted by Gasteiger charge is -2.11. The quantitative estimate of drug-likeness (QED) is 0.405. The average Bonchev–Trinajstić information content (AvgIpc) is 3.16. The van der Waals surface area contributed by atoms with Crippen molar-refractivity contribution in [2.75, 3.05) is 24.7 Å². The van der Waals surface area contributed by atoms with Gasteiger partial charge in [0.2, 0.25) is 0 Å². The third kappa shape index (κ3) is 4.57. The number of rotatable bonds is 7. The maximum atomic E-state index is 12.7. The molecule has 0 spiro atoms. The molecular formula is C25H25N5O2. The minimum atomic E-state index is -0.351. The minimum absolute atomic E-state index is 0.351. The molecule has 2 amide bonds. The van der Waals surface area contributed by atoms with E-state index >= 15 is 0 Å². The number of benzene rings is 3. The second-order valence-corrected chi connectivity index (χ2v) is 7.16. The molecule has 0 saturated heterocycles. The Kier molecular flexibility index (Phi) is 6.36. The number of anilines is 2. The van der Waals surface area contributed by atoms with Gasteiger partial charge in [-0.15, -0.1) is 0 Å². The van der Waals surface area contributed by atoms with Crippen molar-refractivity contribution in [3.8, 4) is 22.7 Å². The fourth-order valence-corrected chi connectivity index (χ4v) is 3.50. The molecule has 0 fully saturated rings. The molecule has 4 rings (SSSR count). The molecule has 162 valence electrons. The van der Waals surface area contributed by atoms with Crippen LogP contribution in [0.25, 0.3) is 16.9 Å². The van der Waals surface area contributed by atoms with Crippen LogP contribution in [0.3, 0.4) is 0 Å². The highest BCUT2D eigenvalue weighted by Crippen LogP contribution is 2.33. The fourth-order valence-electron chi connectivity index (χ4n) is 3.50. The van der Waals surface area contributed by atoms with E-state index in [-0.39, 0.29) is 6.03 Å². The Morgan fingerprint density at radius 1 is 0.969 bits per heavy atom. The molecule has 4 N–H and O–H groups in total. The largest absolute Gasteiger partial charge is 0.496 e. The van der Waals surface area contributed by atoms with E-state index in [9.17, 15) is 4.79 Å². The van der Waals surface area contributed by atoms with E-state index in [1.807, 2.05) is 84.9 Å². The molecule has 0 unspecified atom stereocenters. The molecule has 0 aliphatic rings. The molecule has 0 radical (unpaired) electrons. The van der Waals surface area contributed by atoms with Gasteiger partial charge in [0.15, 0.2) is 5.82 Å². The zero-order chi connectivity index (χ0) is 22.3. The lowest BCUT2D eigenvalue weighted by molar-refractivity contribution is 0.252. The number of aromatic nitrogens is 2. The lowest BCUT2D eigenvalue weighted by Crippen LogP contribution is -2.30. The van der Waals surface area contributed by atoms with Crippen molar-refractivity contribution in [1.29, 1.82) is 0 Å². The number of para-hydroxylation sites is 2. The van der Waals surface area contributed by atoms with Crippen LogP contribution < -0.4 is 21.1 Å². The van der Waals surface area contributed by atoms with Crippen LogP contribution >= 0.6 is 0 Å². The number of nitrogens with one attached hydrogen (secondary N) is 2. The van der Waals surface area contributed by atoms with Gasteiger partial charge in [-0.25, -0.2) is 9.48 Å². The fraction of sp³-hybridized carbons (Fsp3) is 0.120. The predicted octanol–water partition coefficient (Wildman–Crippen LogP) is 4.49. The standard InChI is InChI=1S/C25H25N5O2/c1-32-21-15-9-8-10-18(21)16-17-27-25(31)28-23-22(19-11-4-2-5-12-19)29-30(24(23)26)20-13-6-3-7-14-20/h2-15H,16-17,26H2,1H3,(H2,27,28,31). The van der Waals surface area contributed by atoms with E-state index in [2.05, 4.69) is 15.7 Å². The maximum absolute atomic E-state index is 12.7. The summed E-state index contributed by atoms with van der Waals surface area (Å²) in [6, 6.07) is 26.6. The molecule has 7 nitrogen and oxygen atoms in total. The van der Waals surface area contributed by atoms with E-state index in [1.54, 1.807) is 11.8 Å². The number of hydrogen-bond acceptors (Lipinski definition) is 4. The molecule has 0 saturated carbocycles. The summed E-state index contributed by atoms with van der Waals surface area (Å²) in [5, 5.41) is 10.5. The van der Waals surface area contributed by atoms with Crippen molar-refractivity contribution in [2.45, 2.75) is 6.42 Å². The van der Waals surface area contributed by atoms with E-state index in [1.165, 1.54) is 0 Å². The zero-order valence-electron chi connectivity index (χ0n) is 17.8. The molecule has 3 aromatic carbocycles. The highest BCUT2D eigenvalue weighted by molar-refractivity contribution is 5.97. The van der Waals surface area contributed by atoms with Crippen molar-refractivity contribution in [3.05, 3.63) is 90.5 Å². The van der Waals surface area contributed by atoms with E-state index in [4.69, 9.17) is 10.5 Å². The molecule has 1 heterocycles. The summed E-state index contributed by atoms with van der Waals surface area (Å²) in [5.74, 6) is 1.16. The molecule has 1 aromatic heterocycles. The lowest BCUT2D eigenvalue weighted by atomic mass is 10.1. The van der Waals surface area contributed by atoms with Crippen LogP contribution in [0.2, 0.25) is 0 Å². The SMILES string of the molecule is COc1ccccc1CCNC(=O)Nc1c(-c2ccccc2)nn(-c2ccccc2)c1N. The Bertz CT molecular complexity index is 1190. The van der Waals surface area contributed by atoms with Crippen LogP contribution in [-0.2, 0) is 6.42 Å². The van der Waals surface area contributed by atoms with Crippen molar-refractivity contribution in [1.82, 2.24) is 15.1 Å². The third-order valence-corrected chi connectivity index (χ3v) is 5.08. The Balaban J connectivity index is 1.54. The van der Waals surface area contributed by atoms with Crippen LogP contribution in [0, 0.1) is 0 Å². The van der Waals surface area contributed by atoms with Crippen LogP contribution in [0.1, 0.15) is 5.56 Å². The summed E-state index contributed by atoms with van der Waals surface area (Å²) in [7, 11) is 1.64. The van der Waals surface area contributed by atoms with E-state index in [0.717, 1.165) is 22.6 Å². The van der Waals surface area contributed by atoms with Gasteiger partial charge in [-0.05, 0) is 30.2 Å². The van der Waals surface area contributed by atoms with Gasteiger partial charge in [-0.3, -0.25) is 0 Å². The minimum Gasteiger partial charge on any atom is -0.496 e. The number of hydrogen-bond donors (Lipinski definition) is 3. The average molecular weight is 428 g/mol. The summed E-state index contributed by atoms with van der Waals surface area (Å²) in [4.78, 5) is 12.7. The molecule has 0 aliphatic heterocycles. The Hall–Kier alpha value is -4.26. The van der Waals surface area contributed by atoms with Gasteiger partial charge in [0.05, 0.1) is 12.8 Å². The Labute approximate surface area is 186 Å². The second-order valence-electron chi connectivity index (χ2n) is 7.16. The van der Waals surface area contributed by atoms with Gasteiger partial charge in [-0.2, -0.15) is 5.10 Å². The Morgan fingerprint density at radius 2 is 1.62 bits per heavy atom. The van der Waals surface area contributed by atoms with Gasteiger partial charge in [-0.1, -0.05) is 66.7 Å². The number of nitrogens with two attached hydrogens (primary N) is 1. The second kappa shape index (κ2) is 9.70. The normalized spacial score (nSPS) is 10.5. The summed E-state index contributed by atoms with van der Waals surface area (Å²) in [5.41, 5.74) is 10.2. The molecular weight excluding hydrogens is 402 g/mol. The van der Waals surface area contributed by atoms with Gasteiger partial charge in [0, 0.05) is 12.1 Å². The van der Waals surface area contributed by atoms with Crippen LogP contribution in [0.15, 0.2) is 84.9 Å². The maximum Gasteiger partial charge on any atom is 0.319 e. The van der Waals surface area contributed by atoms with Gasteiger partial charge >= 0.3 is 6.03 Å². The number of carbonyl (C=O) groups excluding carboxylic acids is 1. The number of nitrogens with zero attached hydrogens (tertiary/aromatic N) is 2. The first-order chi connectivity index (χ1) is 15.7. The summed E-state index contributed by atoms with van der Waals surface area (Å²) >= 11 is 0.